The molecule has 8 heteroatoms. The maximum atomic E-state index is 13.6. The molecule has 1 aromatic heterocycles. The Bertz CT molecular complexity index is 1190. The third-order valence-electron chi connectivity index (χ3n) is 8.54. The molecule has 0 radical (unpaired) electrons. The second-order valence-electron chi connectivity index (χ2n) is 11.9. The van der Waals surface area contributed by atoms with Crippen LogP contribution in [0.4, 0.5) is 0 Å². The lowest BCUT2D eigenvalue weighted by atomic mass is 9.71. The normalized spacial score (nSPS) is 34.9. The average Bonchev–Trinajstić information content (AvgIpc) is 3.32. The van der Waals surface area contributed by atoms with Crippen molar-refractivity contribution in [3.8, 4) is 0 Å². The first-order valence-corrected chi connectivity index (χ1v) is 14.4. The molecule has 2 fully saturated rings. The van der Waals surface area contributed by atoms with Crippen LogP contribution in [-0.4, -0.2) is 50.9 Å². The maximum Gasteiger partial charge on any atom is 0.309 e. The van der Waals surface area contributed by atoms with Gasteiger partial charge in [-0.25, -0.2) is 4.98 Å². The van der Waals surface area contributed by atoms with Crippen molar-refractivity contribution in [1.82, 2.24) is 4.98 Å². The minimum absolute atomic E-state index is 0.0715. The van der Waals surface area contributed by atoms with E-state index in [1.165, 1.54) is 0 Å². The molecule has 0 unspecified atom stereocenters. The van der Waals surface area contributed by atoms with E-state index in [1.54, 1.807) is 31.3 Å². The molecule has 7 atom stereocenters. The van der Waals surface area contributed by atoms with Gasteiger partial charge in [-0.3, -0.25) is 9.59 Å². The van der Waals surface area contributed by atoms with Gasteiger partial charge in [-0.05, 0) is 56.7 Å². The predicted octanol–water partition coefficient (Wildman–Crippen LogP) is 5.46. The number of hydrogen-bond donors (Lipinski definition) is 2. The zero-order valence-electron chi connectivity index (χ0n) is 23.1. The third-order valence-corrected chi connectivity index (χ3v) is 9.49. The van der Waals surface area contributed by atoms with E-state index in [9.17, 15) is 19.8 Å². The van der Waals surface area contributed by atoms with Crippen LogP contribution in [-0.2, 0) is 19.1 Å². The van der Waals surface area contributed by atoms with Gasteiger partial charge < -0.3 is 19.7 Å². The first-order valence-electron chi connectivity index (χ1n) is 13.6. The summed E-state index contributed by atoms with van der Waals surface area (Å²) >= 11 is 1.61. The van der Waals surface area contributed by atoms with Crippen LogP contribution in [0, 0.1) is 24.2 Å². The number of epoxide rings is 1. The first kappa shape index (κ1) is 28.9. The van der Waals surface area contributed by atoms with E-state index in [-0.39, 0.29) is 29.8 Å². The molecule has 2 aliphatic heterocycles. The highest BCUT2D eigenvalue weighted by Crippen LogP contribution is 2.47. The summed E-state index contributed by atoms with van der Waals surface area (Å²) in [6, 6.07) is 5.92. The minimum atomic E-state index is -1.27. The van der Waals surface area contributed by atoms with Gasteiger partial charge in [0.2, 0.25) is 0 Å². The van der Waals surface area contributed by atoms with Crippen molar-refractivity contribution in [2.75, 3.05) is 0 Å². The van der Waals surface area contributed by atoms with Gasteiger partial charge in [-0.15, -0.1) is 17.9 Å². The van der Waals surface area contributed by atoms with Gasteiger partial charge in [0.15, 0.2) is 0 Å². The Balaban J connectivity index is 1.63. The molecular formula is C30H41NO6S. The molecule has 0 saturated carbocycles. The summed E-state index contributed by atoms with van der Waals surface area (Å²) in [4.78, 5) is 31.3. The summed E-state index contributed by atoms with van der Waals surface area (Å²) in [6.45, 7) is 13.0. The number of allylic oxidation sites excluding steroid dienone is 1. The monoisotopic (exact) mass is 543 g/mol. The van der Waals surface area contributed by atoms with Crippen molar-refractivity contribution in [3.63, 3.8) is 0 Å². The number of Topliss-reactive ketones (excluding diaryl/α,β-unsaturated/α-hetero) is 1. The number of aliphatic hydroxyl groups is 2. The van der Waals surface area contributed by atoms with Gasteiger partial charge in [0, 0.05) is 12.3 Å². The Morgan fingerprint density at radius 3 is 2.68 bits per heavy atom. The zero-order valence-corrected chi connectivity index (χ0v) is 23.9. The number of aromatic nitrogens is 1. The van der Waals surface area contributed by atoms with Gasteiger partial charge in [0.1, 0.15) is 11.9 Å². The van der Waals surface area contributed by atoms with Crippen LogP contribution < -0.4 is 0 Å². The third kappa shape index (κ3) is 6.03. The average molecular weight is 544 g/mol. The van der Waals surface area contributed by atoms with E-state index < -0.39 is 35.6 Å². The molecule has 3 heterocycles. The minimum Gasteiger partial charge on any atom is -0.457 e. The molecule has 0 amide bonds. The van der Waals surface area contributed by atoms with Crippen molar-refractivity contribution in [3.05, 3.63) is 41.4 Å². The number of esters is 1. The van der Waals surface area contributed by atoms with Crippen molar-refractivity contribution < 1.29 is 29.3 Å². The number of nitrogens with zero attached hydrogens (tertiary/aromatic N) is 1. The standard InChI is InChI=1S/C30H41NO6S/c1-7-9-20-27(34)17(2)10-8-13-30(6)25(37-30)15-22(19-11-12-23-21(14-19)31-18(3)38-23)36-26(33)16-24(32)29(4,5)28(20)35/h7,11-12,14,17,20,22,24-25,27,32,34H,1,8-10,13,15-16H2,2-6H3/t17-,20-,22-,24+,25-,27+,30+/m0/s1. The van der Waals surface area contributed by atoms with Gasteiger partial charge in [-0.1, -0.05) is 39.3 Å². The highest BCUT2D eigenvalue weighted by molar-refractivity contribution is 7.18. The number of ketones is 1. The van der Waals surface area contributed by atoms with Gasteiger partial charge in [0.05, 0.1) is 51.0 Å². The number of aliphatic hydroxyl groups excluding tert-OH is 2. The number of cyclic esters (lactones) is 1. The van der Waals surface area contributed by atoms with E-state index >= 15 is 0 Å². The lowest BCUT2D eigenvalue weighted by Gasteiger charge is -2.35. The van der Waals surface area contributed by atoms with Crippen LogP contribution in [0.15, 0.2) is 30.9 Å². The largest absolute Gasteiger partial charge is 0.457 e. The Labute approximate surface area is 229 Å². The van der Waals surface area contributed by atoms with Crippen molar-refractivity contribution >= 4 is 33.3 Å². The highest BCUT2D eigenvalue weighted by atomic mass is 32.1. The maximum absolute atomic E-state index is 13.6. The Hall–Kier alpha value is -2.13. The molecule has 2 aliphatic rings. The number of aryl methyl sites for hydroxylation is 1. The molecule has 0 bridgehead atoms. The van der Waals surface area contributed by atoms with E-state index in [2.05, 4.69) is 18.5 Å². The second-order valence-corrected chi connectivity index (χ2v) is 13.1. The molecule has 1 aromatic carbocycles. The quantitative estimate of drug-likeness (QED) is 0.301. The molecule has 2 N–H and O–H groups in total. The van der Waals surface area contributed by atoms with Crippen LogP contribution in [0.25, 0.3) is 10.2 Å². The number of rotatable bonds is 3. The Kier molecular flexibility index (Phi) is 8.48. The van der Waals surface area contributed by atoms with E-state index in [0.29, 0.717) is 12.8 Å². The molecular weight excluding hydrogens is 502 g/mol. The fourth-order valence-electron chi connectivity index (χ4n) is 5.70. The number of ether oxygens (including phenoxy) is 2. The fourth-order valence-corrected chi connectivity index (χ4v) is 6.51. The van der Waals surface area contributed by atoms with Gasteiger partial charge >= 0.3 is 5.97 Å². The van der Waals surface area contributed by atoms with Crippen molar-refractivity contribution in [2.24, 2.45) is 17.3 Å². The molecule has 0 spiro atoms. The van der Waals surface area contributed by atoms with Crippen molar-refractivity contribution in [1.29, 1.82) is 0 Å². The SMILES string of the molecule is C=CC[C@@H]1C(=O)C(C)(C)[C@H](O)CC(=O)O[C@H](c2ccc3sc(C)nc3c2)C[C@@H]2O[C@]2(C)CCC[C@H](C)[C@H]1O. The number of benzene rings is 1. The van der Waals surface area contributed by atoms with E-state index in [0.717, 1.165) is 40.1 Å². The molecule has 2 aromatic rings. The lowest BCUT2D eigenvalue weighted by molar-refractivity contribution is -0.156. The number of thiazole rings is 1. The number of carbonyl (C=O) groups excluding carboxylic acids is 2. The second kappa shape index (κ2) is 11.2. The van der Waals surface area contributed by atoms with Gasteiger partial charge in [0.25, 0.3) is 0 Å². The summed E-state index contributed by atoms with van der Waals surface area (Å²) in [5.74, 6) is -1.68. The zero-order chi connectivity index (χ0) is 27.8. The fraction of sp³-hybridized carbons (Fsp3) is 0.633. The molecule has 0 aliphatic carbocycles. The topological polar surface area (TPSA) is 109 Å². The molecule has 7 nitrogen and oxygen atoms in total. The predicted molar refractivity (Wildman–Crippen MR) is 148 cm³/mol. The molecule has 4 rings (SSSR count). The Morgan fingerprint density at radius 1 is 1.24 bits per heavy atom. The van der Waals surface area contributed by atoms with Crippen LogP contribution in [0.5, 0.6) is 0 Å². The summed E-state index contributed by atoms with van der Waals surface area (Å²) in [6.07, 6.45) is 1.71. The first-order chi connectivity index (χ1) is 17.9. The summed E-state index contributed by atoms with van der Waals surface area (Å²) in [5, 5.41) is 23.2. The lowest BCUT2D eigenvalue weighted by Crippen LogP contribution is -2.46. The summed E-state index contributed by atoms with van der Waals surface area (Å²) < 4.78 is 13.2. The van der Waals surface area contributed by atoms with Crippen molar-refractivity contribution in [2.45, 2.75) is 103 Å². The van der Waals surface area contributed by atoms with Crippen LogP contribution in [0.1, 0.15) is 82.9 Å². The molecule has 38 heavy (non-hydrogen) atoms. The number of hydrogen-bond acceptors (Lipinski definition) is 8. The van der Waals surface area contributed by atoms with E-state index in [1.807, 2.05) is 32.0 Å². The molecule has 2 saturated heterocycles. The van der Waals surface area contributed by atoms with Crippen LogP contribution >= 0.6 is 11.3 Å². The van der Waals surface area contributed by atoms with Crippen LogP contribution in [0.3, 0.4) is 0 Å². The highest BCUT2D eigenvalue weighted by Gasteiger charge is 2.53. The molecule has 208 valence electrons. The van der Waals surface area contributed by atoms with Gasteiger partial charge in [-0.2, -0.15) is 0 Å². The Morgan fingerprint density at radius 2 is 1.97 bits per heavy atom. The summed E-state index contributed by atoms with van der Waals surface area (Å²) in [7, 11) is 0. The summed E-state index contributed by atoms with van der Waals surface area (Å²) in [5.41, 5.74) is 0.115. The number of fused-ring (bicyclic) bond motifs is 2. The van der Waals surface area contributed by atoms with E-state index in [4.69, 9.17) is 9.47 Å². The smallest absolute Gasteiger partial charge is 0.309 e. The van der Waals surface area contributed by atoms with Crippen LogP contribution in [0.2, 0.25) is 0 Å². The number of carbonyl (C=O) groups is 2.